The molecule has 26 heavy (non-hydrogen) atoms. The molecule has 132 valence electrons. The van der Waals surface area contributed by atoms with Crippen LogP contribution in [0.5, 0.6) is 17.2 Å². The molecule has 1 aromatic heterocycles. The molecular formula is C20H18N2O4. The number of nitrogens with zero attached hydrogens (tertiary/aromatic N) is 1. The number of benzene rings is 2. The first-order valence-electron chi connectivity index (χ1n) is 8.59. The van der Waals surface area contributed by atoms with Gasteiger partial charge in [-0.1, -0.05) is 0 Å². The summed E-state index contributed by atoms with van der Waals surface area (Å²) in [6.45, 7) is 1.46. The monoisotopic (exact) mass is 350 g/mol. The fraction of sp³-hybridized carbons (Fsp3) is 0.250. The molecule has 0 bridgehead atoms. The molecule has 0 atom stereocenters. The Morgan fingerprint density at radius 2 is 2.04 bits per heavy atom. The minimum Gasteiger partial charge on any atom is -0.497 e. The van der Waals surface area contributed by atoms with E-state index in [1.165, 1.54) is 10.9 Å². The maximum absolute atomic E-state index is 12.9. The summed E-state index contributed by atoms with van der Waals surface area (Å²) in [4.78, 5) is 18.2. The largest absolute Gasteiger partial charge is 0.497 e. The number of H-pyrrole nitrogens is 1. The van der Waals surface area contributed by atoms with E-state index in [0.717, 1.165) is 23.4 Å². The first-order chi connectivity index (χ1) is 12.7. The van der Waals surface area contributed by atoms with E-state index in [4.69, 9.17) is 14.2 Å². The molecule has 0 unspecified atom stereocenters. The van der Waals surface area contributed by atoms with Gasteiger partial charge in [-0.2, -0.15) is 0 Å². The van der Waals surface area contributed by atoms with Crippen LogP contribution in [0.15, 0.2) is 36.4 Å². The quantitative estimate of drug-likeness (QED) is 0.771. The number of carbonyl (C=O) groups excluding carboxylic acids is 1. The van der Waals surface area contributed by atoms with Crippen molar-refractivity contribution in [2.45, 2.75) is 13.0 Å². The number of nitrogens with one attached hydrogen (secondary N) is 1. The lowest BCUT2D eigenvalue weighted by Crippen LogP contribution is -2.35. The van der Waals surface area contributed by atoms with Crippen LogP contribution < -0.4 is 14.2 Å². The summed E-state index contributed by atoms with van der Waals surface area (Å²) in [5, 5.41) is 1.18. The van der Waals surface area contributed by atoms with Gasteiger partial charge in [-0.05, 0) is 48.4 Å². The van der Waals surface area contributed by atoms with Crippen LogP contribution in [-0.4, -0.2) is 36.2 Å². The van der Waals surface area contributed by atoms with Crippen LogP contribution in [-0.2, 0) is 13.0 Å². The standard InChI is InChI=1S/C20H18N2O4/c1-24-13-3-4-16-15(9-13)14-6-7-22(10-17(14)21-16)20(23)12-2-5-18-19(8-12)26-11-25-18/h2-5,8-9,21H,6-7,10-11H2,1H3. The van der Waals surface area contributed by atoms with Gasteiger partial charge in [0.15, 0.2) is 11.5 Å². The Morgan fingerprint density at radius 3 is 2.92 bits per heavy atom. The van der Waals surface area contributed by atoms with Crippen molar-refractivity contribution < 1.29 is 19.0 Å². The van der Waals surface area contributed by atoms with Gasteiger partial charge >= 0.3 is 0 Å². The molecule has 0 spiro atoms. The average molecular weight is 350 g/mol. The van der Waals surface area contributed by atoms with Crippen LogP contribution in [0.2, 0.25) is 0 Å². The van der Waals surface area contributed by atoms with Gasteiger partial charge in [0.2, 0.25) is 6.79 Å². The first kappa shape index (κ1) is 15.1. The molecule has 6 heteroatoms. The number of carbonyl (C=O) groups is 1. The zero-order valence-electron chi connectivity index (χ0n) is 14.4. The number of hydrogen-bond acceptors (Lipinski definition) is 4. The van der Waals surface area contributed by atoms with Crippen LogP contribution in [0.1, 0.15) is 21.6 Å². The molecule has 0 saturated carbocycles. The van der Waals surface area contributed by atoms with Crippen LogP contribution in [0.3, 0.4) is 0 Å². The molecule has 2 aliphatic heterocycles. The topological polar surface area (TPSA) is 63.8 Å². The molecule has 0 radical (unpaired) electrons. The highest BCUT2D eigenvalue weighted by atomic mass is 16.7. The Balaban J connectivity index is 1.44. The fourth-order valence-corrected chi connectivity index (χ4v) is 3.73. The Bertz CT molecular complexity index is 1020. The van der Waals surface area contributed by atoms with Crippen molar-refractivity contribution in [1.82, 2.24) is 9.88 Å². The fourth-order valence-electron chi connectivity index (χ4n) is 3.73. The van der Waals surface area contributed by atoms with Crippen molar-refractivity contribution >= 4 is 16.8 Å². The van der Waals surface area contributed by atoms with Gasteiger partial charge in [0, 0.05) is 28.7 Å². The van der Waals surface area contributed by atoms with Crippen molar-refractivity contribution in [2.75, 3.05) is 20.4 Å². The molecule has 3 heterocycles. The van der Waals surface area contributed by atoms with E-state index in [2.05, 4.69) is 11.1 Å². The molecule has 2 aromatic carbocycles. The lowest BCUT2D eigenvalue weighted by atomic mass is 10.0. The van der Waals surface area contributed by atoms with Crippen molar-refractivity contribution in [2.24, 2.45) is 0 Å². The number of aromatic amines is 1. The molecule has 6 nitrogen and oxygen atoms in total. The molecule has 2 aliphatic rings. The van der Waals surface area contributed by atoms with E-state index in [1.54, 1.807) is 25.3 Å². The maximum atomic E-state index is 12.9. The van der Waals surface area contributed by atoms with Crippen molar-refractivity contribution in [1.29, 1.82) is 0 Å². The van der Waals surface area contributed by atoms with E-state index < -0.39 is 0 Å². The number of hydrogen-bond donors (Lipinski definition) is 1. The Hall–Kier alpha value is -3.15. The first-order valence-corrected chi connectivity index (χ1v) is 8.59. The second-order valence-corrected chi connectivity index (χ2v) is 6.54. The summed E-state index contributed by atoms with van der Waals surface area (Å²) in [6.07, 6.45) is 0.818. The molecule has 1 amide bonds. The second-order valence-electron chi connectivity index (χ2n) is 6.54. The minimum absolute atomic E-state index is 0.00480. The van der Waals surface area contributed by atoms with Gasteiger partial charge in [0.25, 0.3) is 5.91 Å². The summed E-state index contributed by atoms with van der Waals surface area (Å²) < 4.78 is 16.0. The van der Waals surface area contributed by atoms with Crippen molar-refractivity contribution in [3.8, 4) is 17.2 Å². The molecule has 0 saturated heterocycles. The van der Waals surface area contributed by atoms with Gasteiger partial charge in [-0.3, -0.25) is 4.79 Å². The van der Waals surface area contributed by atoms with Crippen LogP contribution in [0, 0.1) is 0 Å². The zero-order chi connectivity index (χ0) is 17.7. The number of aromatic nitrogens is 1. The van der Waals surface area contributed by atoms with Crippen molar-refractivity contribution in [3.05, 3.63) is 53.2 Å². The summed E-state index contributed by atoms with van der Waals surface area (Å²) in [5.74, 6) is 2.17. The second kappa shape index (κ2) is 5.69. The normalized spacial score (nSPS) is 15.2. The van der Waals surface area contributed by atoms with E-state index in [1.807, 2.05) is 17.0 Å². The Morgan fingerprint density at radius 1 is 1.15 bits per heavy atom. The third kappa shape index (κ3) is 2.29. The molecular weight excluding hydrogens is 332 g/mol. The van der Waals surface area contributed by atoms with Crippen molar-refractivity contribution in [3.63, 3.8) is 0 Å². The summed E-state index contributed by atoms with van der Waals surface area (Å²) >= 11 is 0. The number of fused-ring (bicyclic) bond motifs is 4. The van der Waals surface area contributed by atoms with Gasteiger partial charge < -0.3 is 24.1 Å². The smallest absolute Gasteiger partial charge is 0.254 e. The zero-order valence-corrected chi connectivity index (χ0v) is 14.4. The molecule has 0 aliphatic carbocycles. The maximum Gasteiger partial charge on any atom is 0.254 e. The van der Waals surface area contributed by atoms with Gasteiger partial charge in [-0.25, -0.2) is 0 Å². The predicted molar refractivity (Wildman–Crippen MR) is 95.9 cm³/mol. The van der Waals surface area contributed by atoms with Crippen LogP contribution in [0.4, 0.5) is 0 Å². The number of rotatable bonds is 2. The number of amides is 1. The van der Waals surface area contributed by atoms with E-state index in [0.29, 0.717) is 30.2 Å². The molecule has 0 fully saturated rings. The summed E-state index contributed by atoms with van der Waals surface area (Å²) in [5.41, 5.74) is 4.06. The highest BCUT2D eigenvalue weighted by Crippen LogP contribution is 2.34. The lowest BCUT2D eigenvalue weighted by Gasteiger charge is -2.27. The number of ether oxygens (including phenoxy) is 3. The minimum atomic E-state index is 0.00480. The van der Waals surface area contributed by atoms with Gasteiger partial charge in [0.05, 0.1) is 13.7 Å². The van der Waals surface area contributed by atoms with Gasteiger partial charge in [0.1, 0.15) is 5.75 Å². The Kier molecular flexibility index (Phi) is 3.31. The average Bonchev–Trinajstić information content (AvgIpc) is 3.29. The predicted octanol–water partition coefficient (Wildman–Crippen LogP) is 3.10. The highest BCUT2D eigenvalue weighted by molar-refractivity contribution is 5.95. The SMILES string of the molecule is COc1ccc2[nH]c3c(c2c1)CCN(C(=O)c1ccc2c(c1)OCO2)C3. The number of methoxy groups -OCH3 is 1. The van der Waals surface area contributed by atoms with E-state index in [9.17, 15) is 4.79 Å². The highest BCUT2D eigenvalue weighted by Gasteiger charge is 2.26. The van der Waals surface area contributed by atoms with Crippen LogP contribution in [0.25, 0.3) is 10.9 Å². The third-order valence-corrected chi connectivity index (χ3v) is 5.09. The van der Waals surface area contributed by atoms with E-state index >= 15 is 0 Å². The van der Waals surface area contributed by atoms with Gasteiger partial charge in [-0.15, -0.1) is 0 Å². The summed E-state index contributed by atoms with van der Waals surface area (Å²) in [7, 11) is 1.67. The molecule has 5 rings (SSSR count). The molecule has 3 aromatic rings. The van der Waals surface area contributed by atoms with E-state index in [-0.39, 0.29) is 12.7 Å². The summed E-state index contributed by atoms with van der Waals surface area (Å²) in [6, 6.07) is 11.4. The third-order valence-electron chi connectivity index (χ3n) is 5.09. The van der Waals surface area contributed by atoms with Crippen LogP contribution >= 0.6 is 0 Å². The molecule has 1 N–H and O–H groups in total. The Labute approximate surface area is 150 Å². The lowest BCUT2D eigenvalue weighted by molar-refractivity contribution is 0.0732.